The van der Waals surface area contributed by atoms with Gasteiger partial charge in [0.2, 0.25) is 0 Å². The molecule has 0 aromatic heterocycles. The van der Waals surface area contributed by atoms with Crippen molar-refractivity contribution in [3.63, 3.8) is 0 Å². The van der Waals surface area contributed by atoms with Gasteiger partial charge in [0.05, 0.1) is 0 Å². The van der Waals surface area contributed by atoms with Crippen LogP contribution in [0.1, 0.15) is 72.6 Å². The van der Waals surface area contributed by atoms with Gasteiger partial charge in [-0.05, 0) is 75.2 Å². The van der Waals surface area contributed by atoms with E-state index in [1.807, 2.05) is 6.92 Å². The Kier molecular flexibility index (Phi) is 7.00. The van der Waals surface area contributed by atoms with Crippen LogP contribution < -0.4 is 5.32 Å². The summed E-state index contributed by atoms with van der Waals surface area (Å²) in [6.45, 7) is 8.72. The average molecular weight is 440 g/mol. The lowest BCUT2D eigenvalue weighted by molar-refractivity contribution is -0.162. The number of aliphatic hydroxyl groups is 1. The molecule has 1 saturated carbocycles. The largest absolute Gasteiger partial charge is 0.460 e. The first-order valence-corrected chi connectivity index (χ1v) is 12.8. The Bertz CT molecular complexity index is 825. The molecule has 4 heteroatoms. The Balaban J connectivity index is 1.48. The van der Waals surface area contributed by atoms with Crippen molar-refractivity contribution in [2.45, 2.75) is 90.4 Å². The third-order valence-corrected chi connectivity index (χ3v) is 8.65. The SMILES string of the molecule is CCC1CC(NC2C=CC=CC2)=CC=C1CC[C@H]1[C@H](CC)[C@@H](C)CC2(O)C(=O)O[C@H](C)[C@@H]12. The Labute approximate surface area is 193 Å². The van der Waals surface area contributed by atoms with Gasteiger partial charge in [0.25, 0.3) is 0 Å². The van der Waals surface area contributed by atoms with E-state index in [9.17, 15) is 9.90 Å². The monoisotopic (exact) mass is 439 g/mol. The molecule has 1 aliphatic heterocycles. The van der Waals surface area contributed by atoms with Crippen molar-refractivity contribution in [1.82, 2.24) is 5.32 Å². The van der Waals surface area contributed by atoms with Crippen molar-refractivity contribution in [3.05, 3.63) is 47.7 Å². The lowest BCUT2D eigenvalue weighted by Crippen LogP contribution is -2.53. The van der Waals surface area contributed by atoms with Crippen LogP contribution in [0.3, 0.4) is 0 Å². The van der Waals surface area contributed by atoms with Gasteiger partial charge in [-0.1, -0.05) is 63.1 Å². The number of hydrogen-bond donors (Lipinski definition) is 2. The van der Waals surface area contributed by atoms with Gasteiger partial charge < -0.3 is 15.2 Å². The molecular weight excluding hydrogens is 398 g/mol. The molecule has 32 heavy (non-hydrogen) atoms. The zero-order valence-electron chi connectivity index (χ0n) is 20.2. The van der Waals surface area contributed by atoms with Crippen molar-refractivity contribution >= 4 is 5.97 Å². The van der Waals surface area contributed by atoms with Crippen molar-refractivity contribution in [2.24, 2.45) is 29.6 Å². The van der Waals surface area contributed by atoms with Crippen molar-refractivity contribution < 1.29 is 14.6 Å². The minimum absolute atomic E-state index is 0.0840. The Morgan fingerprint density at radius 1 is 1.16 bits per heavy atom. The lowest BCUT2D eigenvalue weighted by atomic mass is 9.57. The molecule has 2 N–H and O–H groups in total. The molecule has 4 nitrogen and oxygen atoms in total. The van der Waals surface area contributed by atoms with E-state index in [-0.39, 0.29) is 12.0 Å². The molecule has 2 fully saturated rings. The fourth-order valence-electron chi connectivity index (χ4n) is 7.09. The van der Waals surface area contributed by atoms with Crippen LogP contribution in [0.2, 0.25) is 0 Å². The first kappa shape index (κ1) is 23.4. The van der Waals surface area contributed by atoms with E-state index in [2.05, 4.69) is 62.5 Å². The highest BCUT2D eigenvalue weighted by Crippen LogP contribution is 2.53. The Morgan fingerprint density at radius 3 is 2.66 bits per heavy atom. The Hall–Kier alpha value is -1.81. The highest BCUT2D eigenvalue weighted by Gasteiger charge is 2.62. The molecule has 1 saturated heterocycles. The number of carbonyl (C=O) groups is 1. The molecule has 0 spiro atoms. The van der Waals surface area contributed by atoms with Gasteiger partial charge in [-0.3, -0.25) is 0 Å². The number of ether oxygens (including phenoxy) is 1. The van der Waals surface area contributed by atoms with Gasteiger partial charge in [0, 0.05) is 17.7 Å². The average Bonchev–Trinajstić information content (AvgIpc) is 3.00. The molecule has 3 unspecified atom stereocenters. The number of allylic oxidation sites excluding steroid dienone is 6. The number of fused-ring (bicyclic) bond motifs is 1. The summed E-state index contributed by atoms with van der Waals surface area (Å²) in [5, 5.41) is 15.0. The number of carbonyl (C=O) groups excluding carboxylic acids is 1. The van der Waals surface area contributed by atoms with Crippen molar-refractivity contribution in [1.29, 1.82) is 0 Å². The molecule has 4 rings (SSSR count). The lowest BCUT2D eigenvalue weighted by Gasteiger charge is -2.47. The van der Waals surface area contributed by atoms with Crippen LogP contribution in [0.15, 0.2) is 47.7 Å². The van der Waals surface area contributed by atoms with Gasteiger partial charge in [-0.15, -0.1) is 0 Å². The number of nitrogens with one attached hydrogen (secondary N) is 1. The van der Waals surface area contributed by atoms with Crippen LogP contribution in [0.5, 0.6) is 0 Å². The smallest absolute Gasteiger partial charge is 0.338 e. The molecule has 8 atom stereocenters. The molecule has 0 radical (unpaired) electrons. The summed E-state index contributed by atoms with van der Waals surface area (Å²) < 4.78 is 5.57. The second-order valence-electron chi connectivity index (χ2n) is 10.6. The van der Waals surface area contributed by atoms with Gasteiger partial charge >= 0.3 is 5.97 Å². The second kappa shape index (κ2) is 9.59. The highest BCUT2D eigenvalue weighted by atomic mass is 16.6. The molecule has 0 aromatic carbocycles. The highest BCUT2D eigenvalue weighted by molar-refractivity contribution is 5.82. The zero-order valence-corrected chi connectivity index (χ0v) is 20.2. The van der Waals surface area contributed by atoms with Crippen LogP contribution >= 0.6 is 0 Å². The third kappa shape index (κ3) is 4.35. The first-order chi connectivity index (χ1) is 15.4. The molecule has 0 amide bonds. The standard InChI is InChI=1S/C28H41NO3/c1-5-20-16-23(29-22-10-8-7-9-11-22)14-12-21(20)13-15-25-24(6-2)18(3)17-28(31)26(25)19(4)32-27(28)30/h7-10,12,14,18-20,22,24-26,29,31H,5-6,11,13,15-17H2,1-4H3/t18-,19+,20?,22?,24+,25-,26-,28?/m0/s1. The van der Waals surface area contributed by atoms with Gasteiger partial charge in [0.15, 0.2) is 5.60 Å². The van der Waals surface area contributed by atoms with Gasteiger partial charge in [0.1, 0.15) is 6.10 Å². The number of esters is 1. The van der Waals surface area contributed by atoms with E-state index in [0.29, 0.717) is 36.1 Å². The second-order valence-corrected chi connectivity index (χ2v) is 10.6. The molecule has 1 heterocycles. The summed E-state index contributed by atoms with van der Waals surface area (Å²) in [4.78, 5) is 12.5. The summed E-state index contributed by atoms with van der Waals surface area (Å²) in [6.07, 6.45) is 20.0. The number of hydrogen-bond acceptors (Lipinski definition) is 4. The topological polar surface area (TPSA) is 58.6 Å². The predicted octanol–water partition coefficient (Wildman–Crippen LogP) is 5.46. The molecular formula is C28H41NO3. The third-order valence-electron chi connectivity index (χ3n) is 8.65. The van der Waals surface area contributed by atoms with E-state index in [1.165, 1.54) is 11.3 Å². The van der Waals surface area contributed by atoms with Gasteiger partial charge in [-0.25, -0.2) is 4.79 Å². The van der Waals surface area contributed by atoms with Crippen LogP contribution in [-0.4, -0.2) is 28.8 Å². The molecule has 176 valence electrons. The normalized spacial score (nSPS) is 41.0. The van der Waals surface area contributed by atoms with E-state index >= 15 is 0 Å². The molecule has 0 bridgehead atoms. The van der Waals surface area contributed by atoms with E-state index in [1.54, 1.807) is 0 Å². The summed E-state index contributed by atoms with van der Waals surface area (Å²) in [5.41, 5.74) is 1.56. The van der Waals surface area contributed by atoms with Crippen molar-refractivity contribution in [3.8, 4) is 0 Å². The van der Waals surface area contributed by atoms with E-state index < -0.39 is 11.6 Å². The fraction of sp³-hybridized carbons (Fsp3) is 0.679. The summed E-state index contributed by atoms with van der Waals surface area (Å²) in [6, 6.07) is 0.395. The van der Waals surface area contributed by atoms with Crippen molar-refractivity contribution in [2.75, 3.05) is 0 Å². The zero-order chi connectivity index (χ0) is 22.9. The molecule has 3 aliphatic carbocycles. The van der Waals surface area contributed by atoms with Crippen LogP contribution in [0, 0.1) is 29.6 Å². The maximum absolute atomic E-state index is 12.5. The number of rotatable bonds is 7. The summed E-state index contributed by atoms with van der Waals surface area (Å²) in [7, 11) is 0. The number of cyclic esters (lactones) is 1. The summed E-state index contributed by atoms with van der Waals surface area (Å²) in [5.74, 6) is 1.26. The maximum atomic E-state index is 12.5. The fourth-order valence-corrected chi connectivity index (χ4v) is 7.09. The maximum Gasteiger partial charge on any atom is 0.338 e. The molecule has 4 aliphatic rings. The van der Waals surface area contributed by atoms with Gasteiger partial charge in [-0.2, -0.15) is 0 Å². The van der Waals surface area contributed by atoms with Crippen LogP contribution in [-0.2, 0) is 9.53 Å². The van der Waals surface area contributed by atoms with Crippen LogP contribution in [0.4, 0.5) is 0 Å². The van der Waals surface area contributed by atoms with E-state index in [0.717, 1.165) is 38.5 Å². The molecule has 0 aromatic rings. The first-order valence-electron chi connectivity index (χ1n) is 12.8. The predicted molar refractivity (Wildman–Crippen MR) is 129 cm³/mol. The Morgan fingerprint density at radius 2 is 1.97 bits per heavy atom. The summed E-state index contributed by atoms with van der Waals surface area (Å²) >= 11 is 0. The quantitative estimate of drug-likeness (QED) is 0.518. The minimum atomic E-state index is -1.29. The minimum Gasteiger partial charge on any atom is -0.460 e. The van der Waals surface area contributed by atoms with Crippen LogP contribution in [0.25, 0.3) is 0 Å². The van der Waals surface area contributed by atoms with E-state index in [4.69, 9.17) is 4.74 Å².